The number of nitrogens with zero attached hydrogens (tertiary/aromatic N) is 1. The molecular weight excluding hydrogens is 312 g/mol. The molecule has 5 nitrogen and oxygen atoms in total. The summed E-state index contributed by atoms with van der Waals surface area (Å²) >= 11 is 1.53. The van der Waals surface area contributed by atoms with Gasteiger partial charge in [0.25, 0.3) is 0 Å². The van der Waals surface area contributed by atoms with Crippen molar-refractivity contribution in [1.82, 2.24) is 4.98 Å². The summed E-state index contributed by atoms with van der Waals surface area (Å²) in [7, 11) is 0. The van der Waals surface area contributed by atoms with E-state index in [2.05, 4.69) is 10.3 Å². The van der Waals surface area contributed by atoms with Crippen LogP contribution >= 0.6 is 11.3 Å². The summed E-state index contributed by atoms with van der Waals surface area (Å²) in [5, 5.41) is 14.5. The largest absolute Gasteiger partial charge is 0.444 e. The summed E-state index contributed by atoms with van der Waals surface area (Å²) < 4.78 is 5.40. The Hall–Kier alpha value is -2.44. The van der Waals surface area contributed by atoms with E-state index >= 15 is 0 Å². The van der Waals surface area contributed by atoms with E-state index in [1.807, 2.05) is 29.6 Å². The van der Waals surface area contributed by atoms with Gasteiger partial charge in [0.15, 0.2) is 0 Å². The fraction of sp³-hybridized carbons (Fsp3) is 0.176. The minimum Gasteiger partial charge on any atom is -0.444 e. The molecule has 0 fully saturated rings. The maximum absolute atomic E-state index is 12.2. The molecule has 0 spiro atoms. The molecular formula is C17H16N2O3S. The standard InChI is InChI=1S/C17H16N2O3S/c1-11(20)13-5-2-3-6-14(13)19-16(21)9-12-10-22-17(18-12)15-7-4-8-23-15/h2-8,10-11,20H,9H2,1H3,(H,19,21). The summed E-state index contributed by atoms with van der Waals surface area (Å²) in [5.41, 5.74) is 1.86. The first-order valence-corrected chi connectivity index (χ1v) is 8.06. The van der Waals surface area contributed by atoms with Crippen LogP contribution in [-0.2, 0) is 11.2 Å². The maximum atomic E-state index is 12.2. The molecule has 3 rings (SSSR count). The number of carbonyl (C=O) groups is 1. The Bertz CT molecular complexity index is 794. The van der Waals surface area contributed by atoms with Crippen LogP contribution in [0.4, 0.5) is 5.69 Å². The quantitative estimate of drug-likeness (QED) is 0.750. The van der Waals surface area contributed by atoms with E-state index in [1.54, 1.807) is 19.1 Å². The van der Waals surface area contributed by atoms with Gasteiger partial charge in [0.05, 0.1) is 23.1 Å². The molecule has 0 saturated carbocycles. The molecule has 6 heteroatoms. The number of carbonyl (C=O) groups excluding carboxylic acids is 1. The monoisotopic (exact) mass is 328 g/mol. The molecule has 0 radical (unpaired) electrons. The first-order valence-electron chi connectivity index (χ1n) is 7.18. The first-order chi connectivity index (χ1) is 11.1. The van der Waals surface area contributed by atoms with E-state index in [-0.39, 0.29) is 12.3 Å². The minimum atomic E-state index is -0.649. The highest BCUT2D eigenvalue weighted by Gasteiger charge is 2.13. The minimum absolute atomic E-state index is 0.114. The number of nitrogens with one attached hydrogen (secondary N) is 1. The molecule has 1 aromatic carbocycles. The summed E-state index contributed by atoms with van der Waals surface area (Å²) in [6.45, 7) is 1.66. The van der Waals surface area contributed by atoms with Crippen LogP contribution < -0.4 is 5.32 Å². The third-order valence-electron chi connectivity index (χ3n) is 3.31. The number of amides is 1. The number of aliphatic hydroxyl groups is 1. The maximum Gasteiger partial charge on any atom is 0.236 e. The molecule has 0 saturated heterocycles. The topological polar surface area (TPSA) is 75.4 Å². The molecule has 0 aliphatic carbocycles. The van der Waals surface area contributed by atoms with Gasteiger partial charge in [-0.2, -0.15) is 0 Å². The van der Waals surface area contributed by atoms with Crippen molar-refractivity contribution < 1.29 is 14.3 Å². The zero-order chi connectivity index (χ0) is 16.2. The molecule has 2 aromatic heterocycles. The molecule has 1 atom stereocenters. The van der Waals surface area contributed by atoms with Crippen LogP contribution in [0.1, 0.15) is 24.3 Å². The van der Waals surface area contributed by atoms with E-state index in [0.717, 1.165) is 4.88 Å². The van der Waals surface area contributed by atoms with E-state index < -0.39 is 6.10 Å². The Labute approximate surface area is 137 Å². The van der Waals surface area contributed by atoms with Crippen molar-refractivity contribution >= 4 is 22.9 Å². The van der Waals surface area contributed by atoms with Gasteiger partial charge in [-0.15, -0.1) is 11.3 Å². The lowest BCUT2D eigenvalue weighted by Gasteiger charge is -2.12. The van der Waals surface area contributed by atoms with Crippen molar-refractivity contribution in [3.05, 3.63) is 59.3 Å². The molecule has 2 N–H and O–H groups in total. The van der Waals surface area contributed by atoms with Crippen LogP contribution in [0.2, 0.25) is 0 Å². The number of rotatable bonds is 5. The van der Waals surface area contributed by atoms with E-state index in [4.69, 9.17) is 4.42 Å². The molecule has 0 aliphatic rings. The number of hydrogen-bond acceptors (Lipinski definition) is 5. The number of thiophene rings is 1. The van der Waals surface area contributed by atoms with Crippen LogP contribution in [-0.4, -0.2) is 16.0 Å². The van der Waals surface area contributed by atoms with Gasteiger partial charge in [-0.05, 0) is 24.4 Å². The zero-order valence-electron chi connectivity index (χ0n) is 12.5. The highest BCUT2D eigenvalue weighted by atomic mass is 32.1. The average Bonchev–Trinajstić information content (AvgIpc) is 3.18. The molecule has 118 valence electrons. The molecule has 2 heterocycles. The fourth-order valence-electron chi connectivity index (χ4n) is 2.24. The van der Waals surface area contributed by atoms with Crippen LogP contribution in [0.3, 0.4) is 0 Å². The van der Waals surface area contributed by atoms with Gasteiger partial charge in [-0.1, -0.05) is 24.3 Å². The van der Waals surface area contributed by atoms with E-state index in [1.165, 1.54) is 17.6 Å². The Morgan fingerprint density at radius 3 is 2.91 bits per heavy atom. The second-order valence-electron chi connectivity index (χ2n) is 5.11. The average molecular weight is 328 g/mol. The third-order valence-corrected chi connectivity index (χ3v) is 4.17. The number of para-hydroxylation sites is 1. The number of oxazole rings is 1. The molecule has 1 unspecified atom stereocenters. The molecule has 1 amide bonds. The number of aromatic nitrogens is 1. The third kappa shape index (κ3) is 3.67. The van der Waals surface area contributed by atoms with Gasteiger partial charge in [0, 0.05) is 11.3 Å². The van der Waals surface area contributed by atoms with Gasteiger partial charge in [0.1, 0.15) is 6.26 Å². The predicted molar refractivity (Wildman–Crippen MR) is 89.2 cm³/mol. The van der Waals surface area contributed by atoms with Crippen LogP contribution in [0.5, 0.6) is 0 Å². The van der Waals surface area contributed by atoms with Gasteiger partial charge >= 0.3 is 0 Å². The molecule has 23 heavy (non-hydrogen) atoms. The molecule has 0 bridgehead atoms. The van der Waals surface area contributed by atoms with Crippen molar-refractivity contribution in [1.29, 1.82) is 0 Å². The van der Waals surface area contributed by atoms with Crippen molar-refractivity contribution in [3.8, 4) is 10.8 Å². The Morgan fingerprint density at radius 1 is 1.35 bits per heavy atom. The van der Waals surface area contributed by atoms with Crippen LogP contribution in [0, 0.1) is 0 Å². The van der Waals surface area contributed by atoms with Gasteiger partial charge in [-0.3, -0.25) is 4.79 Å². The lowest BCUT2D eigenvalue weighted by molar-refractivity contribution is -0.115. The SMILES string of the molecule is CC(O)c1ccccc1NC(=O)Cc1coc(-c2cccs2)n1. The van der Waals surface area contributed by atoms with Crippen molar-refractivity contribution in [2.45, 2.75) is 19.4 Å². The van der Waals surface area contributed by atoms with E-state index in [9.17, 15) is 9.90 Å². The zero-order valence-corrected chi connectivity index (χ0v) is 13.3. The number of benzene rings is 1. The summed E-state index contributed by atoms with van der Waals surface area (Å²) in [6.07, 6.45) is 0.960. The van der Waals surface area contributed by atoms with Crippen molar-refractivity contribution in [3.63, 3.8) is 0 Å². The lowest BCUT2D eigenvalue weighted by atomic mass is 10.1. The highest BCUT2D eigenvalue weighted by Crippen LogP contribution is 2.24. The van der Waals surface area contributed by atoms with Crippen LogP contribution in [0.15, 0.2) is 52.5 Å². The van der Waals surface area contributed by atoms with E-state index in [0.29, 0.717) is 22.8 Å². The Kier molecular flexibility index (Phi) is 4.55. The highest BCUT2D eigenvalue weighted by molar-refractivity contribution is 7.13. The summed E-state index contributed by atoms with van der Waals surface area (Å²) in [4.78, 5) is 17.4. The molecule has 0 aliphatic heterocycles. The number of hydrogen-bond donors (Lipinski definition) is 2. The summed E-state index contributed by atoms with van der Waals surface area (Å²) in [5.74, 6) is 0.316. The molecule has 3 aromatic rings. The first kappa shape index (κ1) is 15.5. The van der Waals surface area contributed by atoms with Gasteiger partial charge < -0.3 is 14.8 Å². The lowest BCUT2D eigenvalue weighted by Crippen LogP contribution is -2.16. The fourth-order valence-corrected chi connectivity index (χ4v) is 2.89. The Balaban J connectivity index is 1.69. The van der Waals surface area contributed by atoms with Crippen LogP contribution in [0.25, 0.3) is 10.8 Å². The predicted octanol–water partition coefficient (Wildman–Crippen LogP) is 3.64. The van der Waals surface area contributed by atoms with Gasteiger partial charge in [-0.25, -0.2) is 4.98 Å². The summed E-state index contributed by atoms with van der Waals surface area (Å²) in [6, 6.07) is 11.0. The number of aliphatic hydroxyl groups excluding tert-OH is 1. The second-order valence-corrected chi connectivity index (χ2v) is 6.06. The number of anilines is 1. The van der Waals surface area contributed by atoms with Crippen molar-refractivity contribution in [2.75, 3.05) is 5.32 Å². The van der Waals surface area contributed by atoms with Crippen molar-refractivity contribution in [2.24, 2.45) is 0 Å². The smallest absolute Gasteiger partial charge is 0.236 e. The Morgan fingerprint density at radius 2 is 2.17 bits per heavy atom. The second kappa shape index (κ2) is 6.76. The normalized spacial score (nSPS) is 12.1. The van der Waals surface area contributed by atoms with Gasteiger partial charge in [0.2, 0.25) is 11.8 Å².